The molecule has 18 heavy (non-hydrogen) atoms. The molecule has 0 fully saturated rings. The summed E-state index contributed by atoms with van der Waals surface area (Å²) in [6.45, 7) is 5.13. The van der Waals surface area contributed by atoms with Crippen LogP contribution in [0.4, 0.5) is 5.95 Å². The highest BCUT2D eigenvalue weighted by Crippen LogP contribution is 2.16. The van der Waals surface area contributed by atoms with Gasteiger partial charge in [0.2, 0.25) is 5.95 Å². The summed E-state index contributed by atoms with van der Waals surface area (Å²) in [4.78, 5) is 2.22. The van der Waals surface area contributed by atoms with E-state index in [2.05, 4.69) is 53.2 Å². The molecule has 0 aliphatic carbocycles. The number of rotatable bonds is 4. The Morgan fingerprint density at radius 1 is 1.33 bits per heavy atom. The normalized spacial score (nSPS) is 10.9. The van der Waals surface area contributed by atoms with Crippen molar-refractivity contribution < 1.29 is 0 Å². The predicted molar refractivity (Wildman–Crippen MR) is 76.2 cm³/mol. The molecule has 1 aromatic carbocycles. The molecule has 0 saturated heterocycles. The molecule has 4 nitrogen and oxygen atoms in total. The lowest BCUT2D eigenvalue weighted by molar-refractivity contribution is 0.643. The lowest BCUT2D eigenvalue weighted by Gasteiger charge is -2.27. The van der Waals surface area contributed by atoms with Crippen molar-refractivity contribution in [3.05, 3.63) is 40.7 Å². The zero-order valence-corrected chi connectivity index (χ0v) is 11.7. The van der Waals surface area contributed by atoms with Crippen LogP contribution in [-0.2, 0) is 13.6 Å². The maximum Gasteiger partial charge on any atom is 0.225 e. The monoisotopic (exact) mass is 262 g/mol. The van der Waals surface area contributed by atoms with E-state index in [1.165, 1.54) is 5.56 Å². The van der Waals surface area contributed by atoms with Gasteiger partial charge in [0.1, 0.15) is 0 Å². The summed E-state index contributed by atoms with van der Waals surface area (Å²) in [5.74, 6) is 0.874. The van der Waals surface area contributed by atoms with Gasteiger partial charge in [-0.05, 0) is 31.6 Å². The molecule has 1 N–H and O–H groups in total. The topological polar surface area (TPSA) is 36.9 Å². The second-order valence-electron chi connectivity index (χ2n) is 4.60. The Labute approximate surface area is 112 Å². The van der Waals surface area contributed by atoms with E-state index in [-0.39, 0.29) is 0 Å². The summed E-state index contributed by atoms with van der Waals surface area (Å²) in [6.07, 6.45) is 0. The lowest BCUT2D eigenvalue weighted by atomic mass is 10.2. The van der Waals surface area contributed by atoms with E-state index >= 15 is 0 Å². The highest BCUT2D eigenvalue weighted by atomic mass is 32.1. The van der Waals surface area contributed by atoms with Crippen LogP contribution in [0.3, 0.4) is 0 Å². The first kappa shape index (κ1) is 12.8. The molecule has 5 heteroatoms. The van der Waals surface area contributed by atoms with Gasteiger partial charge in [0, 0.05) is 19.6 Å². The van der Waals surface area contributed by atoms with E-state index in [4.69, 9.17) is 12.2 Å². The number of aromatic amines is 1. The Kier molecular flexibility index (Phi) is 3.81. The van der Waals surface area contributed by atoms with E-state index in [0.717, 1.165) is 12.5 Å². The first-order chi connectivity index (χ1) is 8.59. The highest BCUT2D eigenvalue weighted by molar-refractivity contribution is 7.71. The largest absolute Gasteiger partial charge is 0.334 e. The van der Waals surface area contributed by atoms with E-state index < -0.39 is 0 Å². The van der Waals surface area contributed by atoms with Crippen molar-refractivity contribution in [2.75, 3.05) is 4.90 Å². The number of aromatic nitrogens is 3. The van der Waals surface area contributed by atoms with Crippen LogP contribution < -0.4 is 4.90 Å². The summed E-state index contributed by atoms with van der Waals surface area (Å²) < 4.78 is 2.54. The van der Waals surface area contributed by atoms with Gasteiger partial charge in [-0.3, -0.25) is 4.57 Å². The van der Waals surface area contributed by atoms with E-state index in [0.29, 0.717) is 10.8 Å². The van der Waals surface area contributed by atoms with Gasteiger partial charge in [0.25, 0.3) is 0 Å². The van der Waals surface area contributed by atoms with Crippen LogP contribution in [0.2, 0.25) is 0 Å². The Morgan fingerprint density at radius 3 is 2.50 bits per heavy atom. The van der Waals surface area contributed by atoms with Crippen LogP contribution in [-0.4, -0.2) is 20.8 Å². The lowest BCUT2D eigenvalue weighted by Crippen LogP contribution is -2.32. The van der Waals surface area contributed by atoms with E-state index in [1.54, 1.807) is 0 Å². The maximum absolute atomic E-state index is 5.16. The van der Waals surface area contributed by atoms with Crippen LogP contribution in [0.25, 0.3) is 0 Å². The van der Waals surface area contributed by atoms with Crippen molar-refractivity contribution in [3.8, 4) is 0 Å². The van der Waals surface area contributed by atoms with Crippen LogP contribution in [0.1, 0.15) is 19.4 Å². The smallest absolute Gasteiger partial charge is 0.225 e. The summed E-state index contributed by atoms with van der Waals surface area (Å²) >= 11 is 5.16. The van der Waals surface area contributed by atoms with Gasteiger partial charge in [-0.25, -0.2) is 5.10 Å². The molecular formula is C13H18N4S. The molecule has 1 aromatic heterocycles. The molecule has 0 unspecified atom stereocenters. The molecular weight excluding hydrogens is 244 g/mol. The summed E-state index contributed by atoms with van der Waals surface area (Å²) in [6, 6.07) is 10.7. The van der Waals surface area contributed by atoms with Gasteiger partial charge in [-0.2, -0.15) is 0 Å². The Morgan fingerprint density at radius 2 is 2.00 bits per heavy atom. The number of anilines is 1. The molecule has 0 aliphatic heterocycles. The first-order valence-electron chi connectivity index (χ1n) is 6.01. The predicted octanol–water partition coefficient (Wildman–Crippen LogP) is 2.89. The van der Waals surface area contributed by atoms with E-state index in [1.807, 2.05) is 17.7 Å². The van der Waals surface area contributed by atoms with Crippen molar-refractivity contribution in [3.63, 3.8) is 0 Å². The fraction of sp³-hybridized carbons (Fsp3) is 0.385. The number of H-pyrrole nitrogens is 1. The number of benzene rings is 1. The Bertz CT molecular complexity index is 556. The van der Waals surface area contributed by atoms with Crippen LogP contribution >= 0.6 is 12.2 Å². The third kappa shape index (κ3) is 2.61. The fourth-order valence-corrected chi connectivity index (χ4v) is 1.99. The Hall–Kier alpha value is -1.62. The van der Waals surface area contributed by atoms with Crippen molar-refractivity contribution >= 4 is 18.2 Å². The van der Waals surface area contributed by atoms with Crippen molar-refractivity contribution in [1.29, 1.82) is 0 Å². The third-order valence-corrected chi connectivity index (χ3v) is 3.30. The first-order valence-corrected chi connectivity index (χ1v) is 6.42. The van der Waals surface area contributed by atoms with Gasteiger partial charge in [0.15, 0.2) is 4.77 Å². The van der Waals surface area contributed by atoms with Crippen LogP contribution in [0.5, 0.6) is 0 Å². The molecule has 96 valence electrons. The van der Waals surface area contributed by atoms with Crippen molar-refractivity contribution in [2.45, 2.75) is 26.4 Å². The third-order valence-electron chi connectivity index (χ3n) is 2.93. The summed E-state index contributed by atoms with van der Waals surface area (Å²) in [5.41, 5.74) is 1.26. The molecule has 2 aromatic rings. The molecule has 1 heterocycles. The van der Waals surface area contributed by atoms with Gasteiger partial charge in [-0.1, -0.05) is 30.3 Å². The molecule has 0 spiro atoms. The molecule has 2 rings (SSSR count). The molecule has 0 bridgehead atoms. The zero-order chi connectivity index (χ0) is 13.1. The minimum absolute atomic E-state index is 0.356. The van der Waals surface area contributed by atoms with E-state index in [9.17, 15) is 0 Å². The SMILES string of the molecule is CC(C)N(Cc1ccccc1)c1n[nH]c(=S)n1C. The maximum atomic E-state index is 5.16. The fourth-order valence-electron chi connectivity index (χ4n) is 1.86. The number of nitrogens with one attached hydrogen (secondary N) is 1. The van der Waals surface area contributed by atoms with Gasteiger partial charge in [0.05, 0.1) is 0 Å². The molecule has 0 amide bonds. The van der Waals surface area contributed by atoms with Gasteiger partial charge >= 0.3 is 0 Å². The summed E-state index contributed by atoms with van der Waals surface area (Å²) in [7, 11) is 1.93. The van der Waals surface area contributed by atoms with Crippen molar-refractivity contribution in [1.82, 2.24) is 14.8 Å². The average molecular weight is 262 g/mol. The highest BCUT2D eigenvalue weighted by Gasteiger charge is 2.16. The average Bonchev–Trinajstić information content (AvgIpc) is 2.68. The number of hydrogen-bond donors (Lipinski definition) is 1. The standard InChI is InChI=1S/C13H18N4S/c1-10(2)17(9-11-7-5-4-6-8-11)12-14-15-13(18)16(12)3/h4-8,10H,9H2,1-3H3,(H,15,18). The minimum Gasteiger partial charge on any atom is -0.334 e. The van der Waals surface area contributed by atoms with Gasteiger partial charge in [-0.15, -0.1) is 5.10 Å². The minimum atomic E-state index is 0.356. The Balaban J connectivity index is 2.30. The quantitative estimate of drug-likeness (QED) is 0.861. The molecule has 0 radical (unpaired) electrons. The molecule has 0 aliphatic rings. The molecule has 0 saturated carbocycles. The second-order valence-corrected chi connectivity index (χ2v) is 4.98. The second kappa shape index (κ2) is 5.35. The van der Waals surface area contributed by atoms with Crippen LogP contribution in [0, 0.1) is 4.77 Å². The molecule has 0 atom stereocenters. The van der Waals surface area contributed by atoms with Crippen molar-refractivity contribution in [2.24, 2.45) is 7.05 Å². The number of nitrogens with zero attached hydrogens (tertiary/aromatic N) is 3. The number of hydrogen-bond acceptors (Lipinski definition) is 3. The zero-order valence-electron chi connectivity index (χ0n) is 10.9. The van der Waals surface area contributed by atoms with Gasteiger partial charge < -0.3 is 4.90 Å². The summed E-state index contributed by atoms with van der Waals surface area (Å²) in [5, 5.41) is 7.14. The van der Waals surface area contributed by atoms with Crippen LogP contribution in [0.15, 0.2) is 30.3 Å².